The second-order valence-electron chi connectivity index (χ2n) is 9.73. The summed E-state index contributed by atoms with van der Waals surface area (Å²) in [5.74, 6) is 0.452. The van der Waals surface area contributed by atoms with Gasteiger partial charge in [-0.15, -0.1) is 0 Å². The lowest BCUT2D eigenvalue weighted by molar-refractivity contribution is -0.140. The lowest BCUT2D eigenvalue weighted by Crippen LogP contribution is -2.25. The molecule has 1 saturated carbocycles. The van der Waals surface area contributed by atoms with Gasteiger partial charge in [0.1, 0.15) is 5.75 Å². The van der Waals surface area contributed by atoms with Crippen molar-refractivity contribution in [2.24, 2.45) is 11.8 Å². The molecule has 0 bridgehead atoms. The third-order valence-corrected chi connectivity index (χ3v) is 6.89. The first-order chi connectivity index (χ1) is 17.1. The number of ether oxygens (including phenoxy) is 2. The molecular weight excluding hydrogens is 440 g/mol. The highest BCUT2D eigenvalue weighted by molar-refractivity contribution is 5.90. The molecule has 0 unspecified atom stereocenters. The van der Waals surface area contributed by atoms with Crippen molar-refractivity contribution in [3.05, 3.63) is 47.8 Å². The number of aryl methyl sites for hydroxylation is 1. The minimum Gasteiger partial charge on any atom is -0.426 e. The molecule has 0 spiro atoms. The molecule has 3 rings (SSSR count). The largest absolute Gasteiger partial charge is 0.426 e. The molecule has 6 nitrogen and oxygen atoms in total. The molecule has 2 aromatic rings. The highest BCUT2D eigenvalue weighted by Crippen LogP contribution is 2.33. The Morgan fingerprint density at radius 1 is 0.829 bits per heavy atom. The number of rotatable bonds is 13. The zero-order valence-corrected chi connectivity index (χ0v) is 21.3. The summed E-state index contributed by atoms with van der Waals surface area (Å²) < 4.78 is 10.9. The molecule has 35 heavy (non-hydrogen) atoms. The van der Waals surface area contributed by atoms with Crippen molar-refractivity contribution in [2.75, 3.05) is 0 Å². The van der Waals surface area contributed by atoms with E-state index in [1.165, 1.54) is 38.5 Å². The summed E-state index contributed by atoms with van der Waals surface area (Å²) in [7, 11) is 0. The number of nitrogens with zero attached hydrogens (tertiary/aromatic N) is 2. The zero-order chi connectivity index (χ0) is 24.9. The molecule has 1 aromatic heterocycles. The molecule has 1 aliphatic rings. The Morgan fingerprint density at radius 3 is 2.14 bits per heavy atom. The molecule has 0 N–H and O–H groups in total. The number of carbonyl (C=O) groups excluding carboxylic acids is 2. The van der Waals surface area contributed by atoms with E-state index in [0.29, 0.717) is 11.3 Å². The highest BCUT2D eigenvalue weighted by atomic mass is 16.5. The van der Waals surface area contributed by atoms with E-state index in [1.54, 1.807) is 36.7 Å². The maximum Gasteiger partial charge on any atom is 0.345 e. The normalized spacial score (nSPS) is 17.7. The van der Waals surface area contributed by atoms with Gasteiger partial charge in [-0.3, -0.25) is 4.79 Å². The number of carbonyl (C=O) groups is 2. The molecular formula is C29H40N2O4. The van der Waals surface area contributed by atoms with Gasteiger partial charge in [-0.1, -0.05) is 58.8 Å². The van der Waals surface area contributed by atoms with Crippen molar-refractivity contribution in [1.82, 2.24) is 9.97 Å². The molecule has 1 aromatic carbocycles. The lowest BCUT2D eigenvalue weighted by Gasteiger charge is -2.27. The molecule has 1 fully saturated rings. The van der Waals surface area contributed by atoms with Crippen LogP contribution in [-0.2, 0) is 11.2 Å². The van der Waals surface area contributed by atoms with Crippen LogP contribution in [0.15, 0.2) is 36.7 Å². The summed E-state index contributed by atoms with van der Waals surface area (Å²) in [4.78, 5) is 33.3. The van der Waals surface area contributed by atoms with Gasteiger partial charge in [0.25, 0.3) is 0 Å². The first-order valence-corrected chi connectivity index (χ1v) is 13.4. The predicted octanol–water partition coefficient (Wildman–Crippen LogP) is 7.11. The summed E-state index contributed by atoms with van der Waals surface area (Å²) in [6, 6.07) is 6.48. The Hall–Kier alpha value is -2.76. The van der Waals surface area contributed by atoms with E-state index in [-0.39, 0.29) is 17.9 Å². The summed E-state index contributed by atoms with van der Waals surface area (Å²) in [6.45, 7) is 4.40. The van der Waals surface area contributed by atoms with E-state index in [1.807, 2.05) is 0 Å². The van der Waals surface area contributed by atoms with Crippen molar-refractivity contribution in [1.29, 1.82) is 0 Å². The second kappa shape index (κ2) is 14.6. The summed E-state index contributed by atoms with van der Waals surface area (Å²) in [6.07, 6.45) is 18.3. The monoisotopic (exact) mass is 480 g/mol. The van der Waals surface area contributed by atoms with Gasteiger partial charge in [0.15, 0.2) is 0 Å². The summed E-state index contributed by atoms with van der Waals surface area (Å²) in [5.41, 5.74) is 1.38. The topological polar surface area (TPSA) is 78.4 Å². The second-order valence-corrected chi connectivity index (χ2v) is 9.73. The number of esters is 2. The number of hydrogen-bond acceptors (Lipinski definition) is 6. The molecule has 6 heteroatoms. The Morgan fingerprint density at radius 2 is 1.49 bits per heavy atom. The SMILES string of the molecule is CCCCCC[C@H]1CC[C@H](C(=O)Oc2ccc(C(=O)Oc3ncc(CCCCC)cn3)cc2)CC1. The molecule has 0 aliphatic heterocycles. The van der Waals surface area contributed by atoms with Gasteiger partial charge < -0.3 is 9.47 Å². The van der Waals surface area contributed by atoms with Crippen molar-refractivity contribution < 1.29 is 19.1 Å². The minimum atomic E-state index is -0.543. The minimum absolute atomic E-state index is 0.0331. The quantitative estimate of drug-likeness (QED) is 0.173. The van der Waals surface area contributed by atoms with Gasteiger partial charge in [-0.25, -0.2) is 14.8 Å². The van der Waals surface area contributed by atoms with Crippen LogP contribution in [0.1, 0.15) is 107 Å². The van der Waals surface area contributed by atoms with Crippen LogP contribution in [0.4, 0.5) is 0 Å². The van der Waals surface area contributed by atoms with Crippen LogP contribution >= 0.6 is 0 Å². The fourth-order valence-corrected chi connectivity index (χ4v) is 4.65. The van der Waals surface area contributed by atoms with Gasteiger partial charge >= 0.3 is 17.9 Å². The number of unbranched alkanes of at least 4 members (excludes halogenated alkanes) is 5. The smallest absolute Gasteiger partial charge is 0.345 e. The highest BCUT2D eigenvalue weighted by Gasteiger charge is 2.27. The molecule has 190 valence electrons. The molecule has 1 heterocycles. The average Bonchev–Trinajstić information content (AvgIpc) is 2.88. The standard InChI is InChI=1S/C29H40N2O4/c1-3-5-7-9-10-22-12-14-24(15-13-22)27(32)34-26-18-16-25(17-19-26)28(33)35-29-30-20-23(21-31-29)11-8-6-4-2/h16-22,24H,3-15H2,1-2H3/t22-,24-. The molecule has 0 atom stereocenters. The first kappa shape index (κ1) is 26.8. The molecule has 1 aliphatic carbocycles. The molecule has 0 radical (unpaired) electrons. The van der Waals surface area contributed by atoms with Crippen LogP contribution in [0.5, 0.6) is 11.8 Å². The van der Waals surface area contributed by atoms with Crippen LogP contribution in [0.2, 0.25) is 0 Å². The Balaban J connectivity index is 1.41. The summed E-state index contributed by atoms with van der Waals surface area (Å²) >= 11 is 0. The van der Waals surface area contributed by atoms with Gasteiger partial charge in [0, 0.05) is 12.4 Å². The van der Waals surface area contributed by atoms with Crippen LogP contribution in [0.25, 0.3) is 0 Å². The number of hydrogen-bond donors (Lipinski definition) is 0. The molecule has 0 saturated heterocycles. The fraction of sp³-hybridized carbons (Fsp3) is 0.586. The summed E-state index contributed by atoms with van der Waals surface area (Å²) in [5, 5.41) is 0. The van der Waals surface area contributed by atoms with E-state index in [9.17, 15) is 9.59 Å². The zero-order valence-electron chi connectivity index (χ0n) is 21.3. The Bertz CT molecular complexity index is 903. The van der Waals surface area contributed by atoms with Crippen LogP contribution in [0, 0.1) is 11.8 Å². The van der Waals surface area contributed by atoms with Gasteiger partial charge in [-0.05, 0) is 74.3 Å². The van der Waals surface area contributed by atoms with Crippen molar-refractivity contribution in [3.63, 3.8) is 0 Å². The Kier molecular flexibility index (Phi) is 11.2. The van der Waals surface area contributed by atoms with Crippen LogP contribution in [0.3, 0.4) is 0 Å². The molecule has 0 amide bonds. The van der Waals surface area contributed by atoms with Crippen LogP contribution < -0.4 is 9.47 Å². The van der Waals surface area contributed by atoms with E-state index >= 15 is 0 Å². The third kappa shape index (κ3) is 9.08. The van der Waals surface area contributed by atoms with Crippen molar-refractivity contribution >= 4 is 11.9 Å². The Labute approximate surface area is 209 Å². The van der Waals surface area contributed by atoms with E-state index in [4.69, 9.17) is 9.47 Å². The first-order valence-electron chi connectivity index (χ1n) is 13.4. The van der Waals surface area contributed by atoms with Gasteiger partial charge in [0.2, 0.25) is 0 Å². The third-order valence-electron chi connectivity index (χ3n) is 6.89. The van der Waals surface area contributed by atoms with E-state index in [2.05, 4.69) is 23.8 Å². The van der Waals surface area contributed by atoms with E-state index in [0.717, 1.165) is 56.4 Å². The predicted molar refractivity (Wildman–Crippen MR) is 137 cm³/mol. The van der Waals surface area contributed by atoms with Gasteiger partial charge in [0.05, 0.1) is 11.5 Å². The average molecular weight is 481 g/mol. The fourth-order valence-electron chi connectivity index (χ4n) is 4.65. The van der Waals surface area contributed by atoms with Crippen molar-refractivity contribution in [2.45, 2.75) is 97.3 Å². The van der Waals surface area contributed by atoms with E-state index < -0.39 is 5.97 Å². The van der Waals surface area contributed by atoms with Crippen molar-refractivity contribution in [3.8, 4) is 11.8 Å². The maximum absolute atomic E-state index is 12.6. The maximum atomic E-state index is 12.6. The number of benzene rings is 1. The van der Waals surface area contributed by atoms with Gasteiger partial charge in [-0.2, -0.15) is 0 Å². The number of aromatic nitrogens is 2. The van der Waals surface area contributed by atoms with Crippen LogP contribution in [-0.4, -0.2) is 21.9 Å². The lowest BCUT2D eigenvalue weighted by atomic mass is 9.80.